The number of anilines is 2. The predicted octanol–water partition coefficient (Wildman–Crippen LogP) is 5.67. The molecule has 8 heteroatoms. The molecule has 118 valence electrons. The molecule has 0 bridgehead atoms. The van der Waals surface area contributed by atoms with E-state index in [4.69, 9.17) is 23.2 Å². The van der Waals surface area contributed by atoms with Crippen LogP contribution in [0.4, 0.5) is 24.7 Å². The molecule has 1 N–H and O–H groups in total. The van der Waals surface area contributed by atoms with Crippen molar-refractivity contribution < 1.29 is 13.2 Å². The van der Waals surface area contributed by atoms with Gasteiger partial charge in [0.1, 0.15) is 16.8 Å². The number of benzene rings is 1. The molecule has 0 atom stereocenters. The van der Waals surface area contributed by atoms with Crippen LogP contribution in [0.15, 0.2) is 24.3 Å². The summed E-state index contributed by atoms with van der Waals surface area (Å²) in [5.74, 6) is 0.950. The van der Waals surface area contributed by atoms with Crippen LogP contribution in [-0.4, -0.2) is 9.97 Å². The second-order valence-corrected chi connectivity index (χ2v) is 5.70. The zero-order valence-electron chi connectivity index (χ0n) is 11.7. The van der Waals surface area contributed by atoms with Crippen molar-refractivity contribution in [3.63, 3.8) is 0 Å². The van der Waals surface area contributed by atoms with Gasteiger partial charge >= 0.3 is 6.18 Å². The topological polar surface area (TPSA) is 37.8 Å². The van der Waals surface area contributed by atoms with Crippen molar-refractivity contribution >= 4 is 34.7 Å². The number of aromatic nitrogens is 2. The maximum Gasteiger partial charge on any atom is 0.416 e. The lowest BCUT2D eigenvalue weighted by Gasteiger charge is -2.12. The van der Waals surface area contributed by atoms with Gasteiger partial charge in [0.25, 0.3) is 0 Å². The highest BCUT2D eigenvalue weighted by Crippen LogP contribution is 2.34. The van der Waals surface area contributed by atoms with E-state index in [0.29, 0.717) is 17.3 Å². The molecule has 22 heavy (non-hydrogen) atoms. The minimum absolute atomic E-state index is 0.0577. The number of nitrogens with zero attached hydrogens (tertiary/aromatic N) is 2. The van der Waals surface area contributed by atoms with E-state index in [9.17, 15) is 13.2 Å². The SMILES string of the molecule is CC(C)c1nc(Cl)cc(Nc2ccc(C(F)(F)F)cc2Cl)n1. The van der Waals surface area contributed by atoms with Gasteiger partial charge in [-0.3, -0.25) is 0 Å². The molecule has 0 saturated heterocycles. The van der Waals surface area contributed by atoms with Crippen LogP contribution < -0.4 is 5.32 Å². The summed E-state index contributed by atoms with van der Waals surface area (Å²) in [6, 6.07) is 4.52. The van der Waals surface area contributed by atoms with Crippen LogP contribution in [-0.2, 0) is 6.18 Å². The van der Waals surface area contributed by atoms with Crippen LogP contribution in [0.3, 0.4) is 0 Å². The van der Waals surface area contributed by atoms with Crippen LogP contribution in [0, 0.1) is 0 Å². The van der Waals surface area contributed by atoms with E-state index in [-0.39, 0.29) is 16.1 Å². The van der Waals surface area contributed by atoms with Gasteiger partial charge in [0.05, 0.1) is 16.3 Å². The summed E-state index contributed by atoms with van der Waals surface area (Å²) in [7, 11) is 0. The fourth-order valence-electron chi connectivity index (χ4n) is 1.69. The second kappa shape index (κ2) is 6.30. The lowest BCUT2D eigenvalue weighted by Crippen LogP contribution is -2.06. The molecule has 0 aliphatic carbocycles. The van der Waals surface area contributed by atoms with E-state index >= 15 is 0 Å². The van der Waals surface area contributed by atoms with Crippen molar-refractivity contribution in [3.8, 4) is 0 Å². The Morgan fingerprint density at radius 2 is 1.77 bits per heavy atom. The van der Waals surface area contributed by atoms with Crippen molar-refractivity contribution in [1.29, 1.82) is 0 Å². The van der Waals surface area contributed by atoms with Crippen molar-refractivity contribution in [2.45, 2.75) is 25.9 Å². The van der Waals surface area contributed by atoms with E-state index < -0.39 is 11.7 Å². The summed E-state index contributed by atoms with van der Waals surface area (Å²) in [6.07, 6.45) is -4.44. The Morgan fingerprint density at radius 1 is 1.09 bits per heavy atom. The summed E-state index contributed by atoms with van der Waals surface area (Å²) >= 11 is 11.8. The van der Waals surface area contributed by atoms with Gasteiger partial charge in [-0.05, 0) is 18.2 Å². The van der Waals surface area contributed by atoms with Gasteiger partial charge in [-0.15, -0.1) is 0 Å². The summed E-state index contributed by atoms with van der Waals surface area (Å²) in [5.41, 5.74) is -0.509. The van der Waals surface area contributed by atoms with E-state index in [0.717, 1.165) is 12.1 Å². The lowest BCUT2D eigenvalue weighted by atomic mass is 10.2. The zero-order valence-corrected chi connectivity index (χ0v) is 13.2. The fraction of sp³-hybridized carbons (Fsp3) is 0.286. The Bertz CT molecular complexity index is 688. The number of hydrogen-bond acceptors (Lipinski definition) is 3. The largest absolute Gasteiger partial charge is 0.416 e. The Hall–Kier alpha value is -1.53. The lowest BCUT2D eigenvalue weighted by molar-refractivity contribution is -0.137. The van der Waals surface area contributed by atoms with E-state index in [1.807, 2.05) is 13.8 Å². The van der Waals surface area contributed by atoms with E-state index in [1.54, 1.807) is 0 Å². The highest BCUT2D eigenvalue weighted by atomic mass is 35.5. The molecule has 0 unspecified atom stereocenters. The molecule has 0 saturated carbocycles. The molecule has 1 aromatic heterocycles. The molecule has 1 aromatic carbocycles. The predicted molar refractivity (Wildman–Crippen MR) is 80.9 cm³/mol. The molecule has 2 rings (SSSR count). The van der Waals surface area contributed by atoms with Gasteiger partial charge in [-0.25, -0.2) is 9.97 Å². The van der Waals surface area contributed by atoms with E-state index in [1.165, 1.54) is 12.1 Å². The molecule has 0 spiro atoms. The Kier molecular flexibility index (Phi) is 4.82. The third-order valence-corrected chi connectivity index (χ3v) is 3.29. The van der Waals surface area contributed by atoms with Gasteiger partial charge in [0.15, 0.2) is 0 Å². The highest BCUT2D eigenvalue weighted by molar-refractivity contribution is 6.33. The first-order valence-corrected chi connectivity index (χ1v) is 7.10. The Labute approximate surface area is 135 Å². The number of alkyl halides is 3. The quantitative estimate of drug-likeness (QED) is 0.725. The van der Waals surface area contributed by atoms with Gasteiger partial charge in [0, 0.05) is 12.0 Å². The smallest absolute Gasteiger partial charge is 0.339 e. The molecule has 0 aliphatic heterocycles. The fourth-order valence-corrected chi connectivity index (χ4v) is 2.11. The summed E-state index contributed by atoms with van der Waals surface area (Å²) < 4.78 is 37.8. The molecular weight excluding hydrogens is 338 g/mol. The normalized spacial score (nSPS) is 11.8. The summed E-state index contributed by atoms with van der Waals surface area (Å²) in [6.45, 7) is 3.81. The molecule has 0 aliphatic rings. The average molecular weight is 350 g/mol. The van der Waals surface area contributed by atoms with Gasteiger partial charge in [0.2, 0.25) is 0 Å². The monoisotopic (exact) mass is 349 g/mol. The van der Waals surface area contributed by atoms with Crippen molar-refractivity contribution in [2.75, 3.05) is 5.32 Å². The summed E-state index contributed by atoms with van der Waals surface area (Å²) in [4.78, 5) is 8.33. The zero-order chi connectivity index (χ0) is 16.5. The molecule has 1 heterocycles. The standard InChI is InChI=1S/C14H12Cl2F3N3/c1-7(2)13-21-11(16)6-12(22-13)20-10-4-3-8(5-9(10)15)14(17,18)19/h3-7H,1-2H3,(H,20,21,22). The van der Waals surface area contributed by atoms with Gasteiger partial charge < -0.3 is 5.32 Å². The minimum atomic E-state index is -4.44. The third-order valence-electron chi connectivity index (χ3n) is 2.79. The third kappa shape index (κ3) is 4.01. The number of rotatable bonds is 3. The van der Waals surface area contributed by atoms with Crippen molar-refractivity contribution in [1.82, 2.24) is 9.97 Å². The maximum absolute atomic E-state index is 12.6. The maximum atomic E-state index is 12.6. The van der Waals surface area contributed by atoms with Crippen molar-refractivity contribution in [2.24, 2.45) is 0 Å². The first kappa shape index (κ1) is 16.8. The van der Waals surface area contributed by atoms with Crippen LogP contribution >= 0.6 is 23.2 Å². The first-order chi connectivity index (χ1) is 10.2. The molecule has 3 nitrogen and oxygen atoms in total. The van der Waals surface area contributed by atoms with Gasteiger partial charge in [-0.1, -0.05) is 37.0 Å². The van der Waals surface area contributed by atoms with Gasteiger partial charge in [-0.2, -0.15) is 13.2 Å². The molecule has 0 amide bonds. The highest BCUT2D eigenvalue weighted by Gasteiger charge is 2.30. The number of nitrogens with one attached hydrogen (secondary N) is 1. The first-order valence-electron chi connectivity index (χ1n) is 6.35. The minimum Gasteiger partial charge on any atom is -0.339 e. The van der Waals surface area contributed by atoms with E-state index in [2.05, 4.69) is 15.3 Å². The average Bonchev–Trinajstić information content (AvgIpc) is 2.39. The van der Waals surface area contributed by atoms with Crippen LogP contribution in [0.5, 0.6) is 0 Å². The molecule has 0 fully saturated rings. The van der Waals surface area contributed by atoms with Crippen LogP contribution in [0.1, 0.15) is 31.2 Å². The number of hydrogen-bond donors (Lipinski definition) is 1. The van der Waals surface area contributed by atoms with Crippen LogP contribution in [0.25, 0.3) is 0 Å². The summed E-state index contributed by atoms with van der Waals surface area (Å²) in [5, 5.41) is 3.03. The Balaban J connectivity index is 2.32. The Morgan fingerprint density at radius 3 is 2.32 bits per heavy atom. The molecular formula is C14H12Cl2F3N3. The van der Waals surface area contributed by atoms with Crippen LogP contribution in [0.2, 0.25) is 10.2 Å². The molecule has 2 aromatic rings. The number of halogens is 5. The second-order valence-electron chi connectivity index (χ2n) is 4.91. The van der Waals surface area contributed by atoms with Crippen molar-refractivity contribution in [3.05, 3.63) is 45.8 Å². The molecule has 0 radical (unpaired) electrons.